The van der Waals surface area contributed by atoms with Gasteiger partial charge in [-0.25, -0.2) is 19.3 Å². The first-order valence-electron chi connectivity index (χ1n) is 8.14. The lowest BCUT2D eigenvalue weighted by molar-refractivity contribution is -0.131. The molecular weight excluding hydrogens is 378 g/mol. The molecule has 3 aromatic rings. The summed E-state index contributed by atoms with van der Waals surface area (Å²) in [4.78, 5) is 12.0. The zero-order chi connectivity index (χ0) is 20.1. The average Bonchev–Trinajstić information content (AvgIpc) is 2.64. The highest BCUT2D eigenvalue weighted by Gasteiger charge is 2.26. The van der Waals surface area contributed by atoms with Gasteiger partial charge in [0.1, 0.15) is 0 Å². The van der Waals surface area contributed by atoms with Crippen molar-refractivity contribution in [1.29, 1.82) is 0 Å². The van der Waals surface area contributed by atoms with Gasteiger partial charge in [0.2, 0.25) is 11.8 Å². The summed E-state index contributed by atoms with van der Waals surface area (Å²) in [7, 11) is 0. The molecule has 2 heterocycles. The fourth-order valence-corrected chi connectivity index (χ4v) is 2.36. The first-order chi connectivity index (χ1) is 13.3. The van der Waals surface area contributed by atoms with Crippen molar-refractivity contribution < 1.29 is 22.3 Å². The number of hydrogen-bond donors (Lipinski definition) is 2. The smallest absolute Gasteiger partial charge is 0.390 e. The highest BCUT2D eigenvalue weighted by Crippen LogP contribution is 2.33. The number of rotatable bonds is 6. The van der Waals surface area contributed by atoms with E-state index in [1.807, 2.05) is 0 Å². The van der Waals surface area contributed by atoms with Gasteiger partial charge < -0.3 is 15.8 Å². The van der Waals surface area contributed by atoms with Crippen LogP contribution in [-0.2, 0) is 0 Å². The number of aromatic nitrogens is 3. The van der Waals surface area contributed by atoms with Gasteiger partial charge in [-0.05, 0) is 30.3 Å². The van der Waals surface area contributed by atoms with Crippen LogP contribution >= 0.6 is 0 Å². The van der Waals surface area contributed by atoms with E-state index in [0.717, 1.165) is 0 Å². The molecule has 10 heteroatoms. The van der Waals surface area contributed by atoms with Gasteiger partial charge in [-0.2, -0.15) is 13.2 Å². The van der Waals surface area contributed by atoms with E-state index in [2.05, 4.69) is 20.3 Å². The average molecular weight is 393 g/mol. The lowest BCUT2D eigenvalue weighted by Gasteiger charge is -2.13. The Morgan fingerprint density at radius 2 is 1.86 bits per heavy atom. The molecule has 0 aliphatic carbocycles. The van der Waals surface area contributed by atoms with E-state index < -0.39 is 25.0 Å². The van der Waals surface area contributed by atoms with Gasteiger partial charge in [-0.1, -0.05) is 6.07 Å². The minimum Gasteiger partial charge on any atom is -0.435 e. The van der Waals surface area contributed by atoms with Gasteiger partial charge >= 0.3 is 6.18 Å². The molecule has 28 heavy (non-hydrogen) atoms. The van der Waals surface area contributed by atoms with Crippen LogP contribution < -0.4 is 15.8 Å². The van der Waals surface area contributed by atoms with Crippen LogP contribution in [0.4, 0.5) is 29.2 Å². The number of nitrogens with one attached hydrogen (secondary N) is 1. The van der Waals surface area contributed by atoms with Crippen molar-refractivity contribution >= 4 is 11.6 Å². The minimum atomic E-state index is -4.33. The standard InChI is InChI=1S/C18H15F4N5O/c19-15-13(24-10-7-18(20,21)22)4-1-5-14(15)28-16-11(3-2-8-25-16)12-6-9-26-17(23)27-12/h1-6,8-9,24H,7,10H2,(H2,23,26,27). The summed E-state index contributed by atoms with van der Waals surface area (Å²) in [5.41, 5.74) is 6.36. The summed E-state index contributed by atoms with van der Waals surface area (Å²) in [6.07, 6.45) is -2.51. The maximum Gasteiger partial charge on any atom is 0.390 e. The SMILES string of the molecule is Nc1nccc(-c2cccnc2Oc2cccc(NCCC(F)(F)F)c2F)n1. The predicted molar refractivity (Wildman–Crippen MR) is 95.3 cm³/mol. The molecule has 0 unspecified atom stereocenters. The largest absolute Gasteiger partial charge is 0.435 e. The Morgan fingerprint density at radius 1 is 1.04 bits per heavy atom. The molecule has 0 saturated heterocycles. The molecule has 2 aromatic heterocycles. The molecule has 146 valence electrons. The summed E-state index contributed by atoms with van der Waals surface area (Å²) >= 11 is 0. The Hall–Kier alpha value is -3.43. The molecule has 3 rings (SSSR count). The monoisotopic (exact) mass is 393 g/mol. The highest BCUT2D eigenvalue weighted by atomic mass is 19.4. The molecule has 0 aliphatic rings. The van der Waals surface area contributed by atoms with E-state index >= 15 is 0 Å². The van der Waals surface area contributed by atoms with Gasteiger partial charge in [0.05, 0.1) is 23.4 Å². The molecule has 0 aliphatic heterocycles. The van der Waals surface area contributed by atoms with Crippen LogP contribution in [0.5, 0.6) is 11.6 Å². The third-order valence-corrected chi connectivity index (χ3v) is 3.62. The van der Waals surface area contributed by atoms with Gasteiger partial charge in [-0.15, -0.1) is 0 Å². The van der Waals surface area contributed by atoms with Gasteiger partial charge in [-0.3, -0.25) is 0 Å². The lowest BCUT2D eigenvalue weighted by Crippen LogP contribution is -2.15. The second-order valence-corrected chi connectivity index (χ2v) is 5.67. The Bertz CT molecular complexity index is 965. The molecular formula is C18H15F4N5O. The molecule has 1 aromatic carbocycles. The Morgan fingerprint density at radius 3 is 2.61 bits per heavy atom. The van der Waals surface area contributed by atoms with Gasteiger partial charge in [0.25, 0.3) is 0 Å². The summed E-state index contributed by atoms with van der Waals surface area (Å²) in [5, 5.41) is 2.42. The number of alkyl halides is 3. The zero-order valence-corrected chi connectivity index (χ0v) is 14.4. The number of hydrogen-bond acceptors (Lipinski definition) is 6. The molecule has 0 fully saturated rings. The van der Waals surface area contributed by atoms with Crippen LogP contribution in [0.3, 0.4) is 0 Å². The van der Waals surface area contributed by atoms with Gasteiger partial charge in [0.15, 0.2) is 11.6 Å². The number of ether oxygens (including phenoxy) is 1. The van der Waals surface area contributed by atoms with Crippen LogP contribution in [0, 0.1) is 5.82 Å². The van der Waals surface area contributed by atoms with Crippen molar-refractivity contribution in [2.45, 2.75) is 12.6 Å². The normalized spacial score (nSPS) is 11.3. The van der Waals surface area contributed by atoms with Crippen LogP contribution in [-0.4, -0.2) is 27.7 Å². The summed E-state index contributed by atoms with van der Waals surface area (Å²) in [6, 6.07) is 9.02. The number of pyridine rings is 1. The second-order valence-electron chi connectivity index (χ2n) is 5.67. The Labute approximate surface area is 157 Å². The molecule has 0 amide bonds. The van der Waals surface area contributed by atoms with Crippen LogP contribution in [0.25, 0.3) is 11.3 Å². The summed E-state index contributed by atoms with van der Waals surface area (Å²) < 4.78 is 57.0. The fourth-order valence-electron chi connectivity index (χ4n) is 2.36. The van der Waals surface area contributed by atoms with Crippen LogP contribution in [0.1, 0.15) is 6.42 Å². The predicted octanol–water partition coefficient (Wildman–Crippen LogP) is 4.42. The number of benzene rings is 1. The minimum absolute atomic E-state index is 0.0503. The van der Waals surface area contributed by atoms with Crippen molar-refractivity contribution in [2.24, 2.45) is 0 Å². The van der Waals surface area contributed by atoms with E-state index in [9.17, 15) is 17.6 Å². The Balaban J connectivity index is 1.84. The van der Waals surface area contributed by atoms with Crippen molar-refractivity contribution in [1.82, 2.24) is 15.0 Å². The maximum absolute atomic E-state index is 14.6. The number of nitrogens with two attached hydrogens (primary N) is 1. The third kappa shape index (κ3) is 4.84. The molecule has 0 radical (unpaired) electrons. The van der Waals surface area contributed by atoms with E-state index in [1.165, 1.54) is 30.6 Å². The number of nitrogens with zero attached hydrogens (tertiary/aromatic N) is 3. The molecule has 3 N–H and O–H groups in total. The maximum atomic E-state index is 14.6. The van der Waals surface area contributed by atoms with E-state index in [1.54, 1.807) is 18.2 Å². The molecule has 6 nitrogen and oxygen atoms in total. The molecule has 0 spiro atoms. The van der Waals surface area contributed by atoms with Gasteiger partial charge in [0, 0.05) is 18.9 Å². The number of halogens is 4. The van der Waals surface area contributed by atoms with Crippen LogP contribution in [0.15, 0.2) is 48.8 Å². The Kier molecular flexibility index (Phi) is 5.57. The topological polar surface area (TPSA) is 86.0 Å². The first-order valence-corrected chi connectivity index (χ1v) is 8.14. The van der Waals surface area contributed by atoms with Crippen molar-refractivity contribution in [3.8, 4) is 22.9 Å². The molecule has 0 bridgehead atoms. The van der Waals surface area contributed by atoms with E-state index in [4.69, 9.17) is 10.5 Å². The van der Waals surface area contributed by atoms with E-state index in [-0.39, 0.29) is 23.3 Å². The number of nitrogen functional groups attached to an aromatic ring is 1. The first kappa shape index (κ1) is 19.3. The van der Waals surface area contributed by atoms with Crippen molar-refractivity contribution in [3.63, 3.8) is 0 Å². The van der Waals surface area contributed by atoms with Crippen molar-refractivity contribution in [3.05, 3.63) is 54.6 Å². The molecule has 0 atom stereocenters. The van der Waals surface area contributed by atoms with Crippen LogP contribution in [0.2, 0.25) is 0 Å². The fraction of sp³-hybridized carbons (Fsp3) is 0.167. The second kappa shape index (κ2) is 8.07. The highest BCUT2D eigenvalue weighted by molar-refractivity contribution is 5.66. The zero-order valence-electron chi connectivity index (χ0n) is 14.4. The van der Waals surface area contributed by atoms with Crippen molar-refractivity contribution in [2.75, 3.05) is 17.6 Å². The third-order valence-electron chi connectivity index (χ3n) is 3.62. The number of anilines is 2. The summed E-state index contributed by atoms with van der Waals surface area (Å²) in [5.74, 6) is -0.913. The van der Waals surface area contributed by atoms with E-state index in [0.29, 0.717) is 11.3 Å². The molecule has 0 saturated carbocycles. The lowest BCUT2D eigenvalue weighted by atomic mass is 10.2. The quantitative estimate of drug-likeness (QED) is 0.603. The summed E-state index contributed by atoms with van der Waals surface area (Å²) in [6.45, 7) is -0.459.